The van der Waals surface area contributed by atoms with E-state index in [4.69, 9.17) is 0 Å². The highest BCUT2D eigenvalue weighted by molar-refractivity contribution is 5.95. The fourth-order valence-electron chi connectivity index (χ4n) is 8.92. The number of anilines is 3. The SMILES string of the molecule is CC1(C)c2ccccc2-c2ccc(-c3ccccc3-c3ccc(N(c4ccc(-c5ccccc5)cc4)c4ccc(-c5ccccc5)cc4)cc3-c3ccccc3)cc21. The van der Waals surface area contributed by atoms with E-state index < -0.39 is 0 Å². The Balaban J connectivity index is 1.11. The predicted octanol–water partition coefficient (Wildman–Crippen LogP) is 15.8. The highest BCUT2D eigenvalue weighted by atomic mass is 15.1. The van der Waals surface area contributed by atoms with Crippen LogP contribution in [0.1, 0.15) is 25.0 Å². The first kappa shape index (κ1) is 35.2. The van der Waals surface area contributed by atoms with Crippen molar-refractivity contribution in [1.29, 1.82) is 0 Å². The molecule has 0 amide bonds. The zero-order valence-electron chi connectivity index (χ0n) is 32.8. The lowest BCUT2D eigenvalue weighted by Gasteiger charge is -2.27. The van der Waals surface area contributed by atoms with Gasteiger partial charge in [0.25, 0.3) is 0 Å². The fourth-order valence-corrected chi connectivity index (χ4v) is 8.92. The van der Waals surface area contributed by atoms with E-state index in [2.05, 4.69) is 243 Å². The topological polar surface area (TPSA) is 3.24 Å². The maximum Gasteiger partial charge on any atom is 0.0468 e. The van der Waals surface area contributed by atoms with Crippen molar-refractivity contribution in [3.63, 3.8) is 0 Å². The van der Waals surface area contributed by atoms with E-state index in [1.54, 1.807) is 0 Å². The minimum Gasteiger partial charge on any atom is -0.310 e. The zero-order chi connectivity index (χ0) is 39.1. The molecule has 58 heavy (non-hydrogen) atoms. The summed E-state index contributed by atoms with van der Waals surface area (Å²) in [6.07, 6.45) is 0. The minimum atomic E-state index is -0.0736. The summed E-state index contributed by atoms with van der Waals surface area (Å²) in [6, 6.07) is 81.8. The summed E-state index contributed by atoms with van der Waals surface area (Å²) in [5.74, 6) is 0. The van der Waals surface area contributed by atoms with Crippen LogP contribution in [0.15, 0.2) is 224 Å². The summed E-state index contributed by atoms with van der Waals surface area (Å²) < 4.78 is 0. The summed E-state index contributed by atoms with van der Waals surface area (Å²) >= 11 is 0. The van der Waals surface area contributed by atoms with Crippen LogP contribution in [0.25, 0.3) is 66.8 Å². The normalized spacial score (nSPS) is 12.4. The Morgan fingerprint density at radius 1 is 0.259 bits per heavy atom. The van der Waals surface area contributed by atoms with Crippen LogP contribution >= 0.6 is 0 Å². The summed E-state index contributed by atoms with van der Waals surface area (Å²) in [4.78, 5) is 2.38. The molecule has 0 N–H and O–H groups in total. The van der Waals surface area contributed by atoms with Gasteiger partial charge < -0.3 is 4.90 Å². The predicted molar refractivity (Wildman–Crippen MR) is 246 cm³/mol. The number of rotatable bonds is 8. The van der Waals surface area contributed by atoms with E-state index in [0.29, 0.717) is 0 Å². The van der Waals surface area contributed by atoms with Crippen molar-refractivity contribution in [3.05, 3.63) is 236 Å². The third-order valence-electron chi connectivity index (χ3n) is 11.9. The molecule has 0 bridgehead atoms. The summed E-state index contributed by atoms with van der Waals surface area (Å²) in [5, 5.41) is 0. The van der Waals surface area contributed by atoms with Crippen molar-refractivity contribution < 1.29 is 0 Å². The molecule has 9 aromatic carbocycles. The molecule has 0 saturated carbocycles. The molecular weight excluding hydrogens is 699 g/mol. The van der Waals surface area contributed by atoms with Crippen molar-refractivity contribution in [1.82, 2.24) is 0 Å². The van der Waals surface area contributed by atoms with Crippen LogP contribution in [0.3, 0.4) is 0 Å². The largest absolute Gasteiger partial charge is 0.310 e. The third kappa shape index (κ3) is 6.32. The van der Waals surface area contributed by atoms with E-state index >= 15 is 0 Å². The van der Waals surface area contributed by atoms with Crippen LogP contribution in [0.5, 0.6) is 0 Å². The molecule has 276 valence electrons. The van der Waals surface area contributed by atoms with E-state index in [1.807, 2.05) is 0 Å². The van der Waals surface area contributed by atoms with Gasteiger partial charge in [-0.1, -0.05) is 196 Å². The Morgan fingerprint density at radius 2 is 0.655 bits per heavy atom. The Hall–Kier alpha value is -7.22. The van der Waals surface area contributed by atoms with Gasteiger partial charge in [0.1, 0.15) is 0 Å². The number of nitrogens with zero attached hydrogens (tertiary/aromatic N) is 1. The fraction of sp³-hybridized carbons (Fsp3) is 0.0526. The Labute approximate surface area is 342 Å². The highest BCUT2D eigenvalue weighted by Crippen LogP contribution is 2.50. The van der Waals surface area contributed by atoms with Gasteiger partial charge in [-0.2, -0.15) is 0 Å². The number of fused-ring (bicyclic) bond motifs is 3. The first-order chi connectivity index (χ1) is 28.5. The van der Waals surface area contributed by atoms with Gasteiger partial charge in [-0.3, -0.25) is 0 Å². The van der Waals surface area contributed by atoms with Gasteiger partial charge in [0, 0.05) is 22.5 Å². The molecule has 0 heterocycles. The van der Waals surface area contributed by atoms with E-state index in [1.165, 1.54) is 77.9 Å². The van der Waals surface area contributed by atoms with Gasteiger partial charge in [0.05, 0.1) is 0 Å². The molecule has 9 aromatic rings. The molecule has 0 spiro atoms. The van der Waals surface area contributed by atoms with Crippen molar-refractivity contribution in [2.75, 3.05) is 4.90 Å². The van der Waals surface area contributed by atoms with E-state index in [-0.39, 0.29) is 5.41 Å². The molecule has 0 fully saturated rings. The first-order valence-corrected chi connectivity index (χ1v) is 20.2. The van der Waals surface area contributed by atoms with Gasteiger partial charge in [-0.15, -0.1) is 0 Å². The van der Waals surface area contributed by atoms with Gasteiger partial charge in [-0.05, 0) is 120 Å². The minimum absolute atomic E-state index is 0.0736. The van der Waals surface area contributed by atoms with Gasteiger partial charge in [0.2, 0.25) is 0 Å². The molecule has 0 aromatic heterocycles. The maximum absolute atomic E-state index is 2.44. The zero-order valence-corrected chi connectivity index (χ0v) is 32.8. The molecule has 1 aliphatic rings. The molecule has 0 saturated heterocycles. The van der Waals surface area contributed by atoms with Crippen molar-refractivity contribution in [2.24, 2.45) is 0 Å². The second-order valence-electron chi connectivity index (χ2n) is 15.7. The lowest BCUT2D eigenvalue weighted by atomic mass is 9.81. The van der Waals surface area contributed by atoms with Gasteiger partial charge >= 0.3 is 0 Å². The third-order valence-corrected chi connectivity index (χ3v) is 11.9. The maximum atomic E-state index is 2.44. The van der Waals surface area contributed by atoms with Crippen LogP contribution in [0, 0.1) is 0 Å². The molecule has 0 unspecified atom stereocenters. The van der Waals surface area contributed by atoms with E-state index in [0.717, 1.165) is 17.1 Å². The number of benzene rings is 9. The highest BCUT2D eigenvalue weighted by Gasteiger charge is 2.35. The molecule has 0 radical (unpaired) electrons. The van der Waals surface area contributed by atoms with Crippen molar-refractivity contribution in [3.8, 4) is 66.8 Å². The molecule has 1 nitrogen and oxygen atoms in total. The lowest BCUT2D eigenvalue weighted by molar-refractivity contribution is 0.660. The smallest absolute Gasteiger partial charge is 0.0468 e. The average molecular weight is 742 g/mol. The number of hydrogen-bond donors (Lipinski definition) is 0. The van der Waals surface area contributed by atoms with Crippen LogP contribution in [-0.4, -0.2) is 0 Å². The van der Waals surface area contributed by atoms with Crippen molar-refractivity contribution in [2.45, 2.75) is 19.3 Å². The second-order valence-corrected chi connectivity index (χ2v) is 15.7. The van der Waals surface area contributed by atoms with Crippen LogP contribution in [-0.2, 0) is 5.41 Å². The molecule has 0 atom stereocenters. The number of hydrogen-bond acceptors (Lipinski definition) is 1. The Kier molecular flexibility index (Phi) is 8.92. The lowest BCUT2D eigenvalue weighted by Crippen LogP contribution is -2.14. The summed E-state index contributed by atoms with van der Waals surface area (Å²) in [5.41, 5.74) is 20.7. The van der Waals surface area contributed by atoms with Gasteiger partial charge in [-0.25, -0.2) is 0 Å². The quantitative estimate of drug-likeness (QED) is 0.150. The first-order valence-electron chi connectivity index (χ1n) is 20.2. The molecular formula is C57H43N. The Morgan fingerprint density at radius 3 is 1.24 bits per heavy atom. The van der Waals surface area contributed by atoms with Crippen LogP contribution < -0.4 is 4.90 Å². The van der Waals surface area contributed by atoms with Gasteiger partial charge in [0.15, 0.2) is 0 Å². The average Bonchev–Trinajstić information content (AvgIpc) is 3.53. The monoisotopic (exact) mass is 741 g/mol. The standard InChI is InChI=1S/C57H43N/c1-57(2)55-25-15-14-24-52(55)53-36-30-45(38-56(53)57)49-22-12-13-23-50(49)51-37-35-48(39-54(51)44-20-10-5-11-21-44)58(46-31-26-42(27-32-46)40-16-6-3-7-17-40)47-33-28-43(29-34-47)41-18-8-4-9-19-41/h3-39H,1-2H3. The summed E-state index contributed by atoms with van der Waals surface area (Å²) in [7, 11) is 0. The Bertz CT molecular complexity index is 2790. The van der Waals surface area contributed by atoms with E-state index in [9.17, 15) is 0 Å². The second kappa shape index (κ2) is 14.7. The van der Waals surface area contributed by atoms with Crippen LogP contribution in [0.2, 0.25) is 0 Å². The molecule has 10 rings (SSSR count). The molecule has 0 aliphatic heterocycles. The molecule has 1 heteroatoms. The van der Waals surface area contributed by atoms with Crippen LogP contribution in [0.4, 0.5) is 17.1 Å². The molecule has 1 aliphatic carbocycles. The summed E-state index contributed by atoms with van der Waals surface area (Å²) in [6.45, 7) is 4.71. The van der Waals surface area contributed by atoms with Crippen molar-refractivity contribution >= 4 is 17.1 Å².